The molecule has 1 aromatic heterocycles. The molecule has 2 heteroatoms. The second kappa shape index (κ2) is 5.69. The summed E-state index contributed by atoms with van der Waals surface area (Å²) >= 11 is 5.44. The van der Waals surface area contributed by atoms with Crippen molar-refractivity contribution in [3.63, 3.8) is 0 Å². The third-order valence-corrected chi connectivity index (χ3v) is 3.02. The zero-order valence-corrected chi connectivity index (χ0v) is 10.7. The summed E-state index contributed by atoms with van der Waals surface area (Å²) in [5.74, 6) is 0. The van der Waals surface area contributed by atoms with E-state index < -0.39 is 0 Å². The van der Waals surface area contributed by atoms with Crippen molar-refractivity contribution < 1.29 is 0 Å². The molecule has 0 saturated heterocycles. The lowest BCUT2D eigenvalue weighted by molar-refractivity contribution is 1.09. The van der Waals surface area contributed by atoms with E-state index in [1.54, 1.807) is 0 Å². The SMILES string of the molecule is Cc1cccnc1CC(=S)Cc1ccccc1. The standard InChI is InChI=1S/C15H15NS/c1-12-6-5-9-16-15(12)11-14(17)10-13-7-3-2-4-8-13/h2-9H,10-11H2,1H3. The molecule has 0 unspecified atom stereocenters. The van der Waals surface area contributed by atoms with Gasteiger partial charge in [-0.3, -0.25) is 4.98 Å². The van der Waals surface area contributed by atoms with E-state index in [1.165, 1.54) is 11.1 Å². The van der Waals surface area contributed by atoms with Gasteiger partial charge in [0.15, 0.2) is 0 Å². The average molecular weight is 241 g/mol. The molecular weight excluding hydrogens is 226 g/mol. The Kier molecular flexibility index (Phi) is 3.99. The Labute approximate surface area is 108 Å². The summed E-state index contributed by atoms with van der Waals surface area (Å²) in [6.45, 7) is 2.08. The third-order valence-electron chi connectivity index (χ3n) is 2.73. The fraction of sp³-hybridized carbons (Fsp3) is 0.200. The van der Waals surface area contributed by atoms with Crippen molar-refractivity contribution in [2.24, 2.45) is 0 Å². The highest BCUT2D eigenvalue weighted by atomic mass is 32.1. The molecule has 0 fully saturated rings. The van der Waals surface area contributed by atoms with Crippen LogP contribution in [0.1, 0.15) is 16.8 Å². The predicted molar refractivity (Wildman–Crippen MR) is 75.4 cm³/mol. The lowest BCUT2D eigenvalue weighted by Gasteiger charge is -2.06. The van der Waals surface area contributed by atoms with Gasteiger partial charge < -0.3 is 0 Å². The van der Waals surface area contributed by atoms with Crippen LogP contribution in [0.4, 0.5) is 0 Å². The average Bonchev–Trinajstić information content (AvgIpc) is 2.33. The molecule has 0 radical (unpaired) electrons. The van der Waals surface area contributed by atoms with Crippen molar-refractivity contribution in [3.05, 3.63) is 65.5 Å². The van der Waals surface area contributed by atoms with Gasteiger partial charge >= 0.3 is 0 Å². The molecule has 0 N–H and O–H groups in total. The highest BCUT2D eigenvalue weighted by Crippen LogP contribution is 2.08. The van der Waals surface area contributed by atoms with Crippen LogP contribution in [-0.4, -0.2) is 9.85 Å². The summed E-state index contributed by atoms with van der Waals surface area (Å²) in [4.78, 5) is 5.41. The molecule has 2 aromatic rings. The molecule has 17 heavy (non-hydrogen) atoms. The topological polar surface area (TPSA) is 12.9 Å². The summed E-state index contributed by atoms with van der Waals surface area (Å²) < 4.78 is 0. The molecule has 0 bridgehead atoms. The fourth-order valence-corrected chi connectivity index (χ4v) is 2.08. The summed E-state index contributed by atoms with van der Waals surface area (Å²) in [5.41, 5.74) is 3.57. The van der Waals surface area contributed by atoms with E-state index in [0.29, 0.717) is 0 Å². The van der Waals surface area contributed by atoms with E-state index in [-0.39, 0.29) is 0 Å². The maximum atomic E-state index is 5.44. The second-order valence-corrected chi connectivity index (χ2v) is 4.72. The predicted octanol–water partition coefficient (Wildman–Crippen LogP) is 3.55. The lowest BCUT2D eigenvalue weighted by Crippen LogP contribution is -2.06. The molecule has 1 aromatic carbocycles. The fourth-order valence-electron chi connectivity index (χ4n) is 1.78. The Balaban J connectivity index is 2.01. The molecule has 86 valence electrons. The van der Waals surface area contributed by atoms with Gasteiger partial charge in [-0.1, -0.05) is 48.6 Å². The Hall–Kier alpha value is -1.54. The van der Waals surface area contributed by atoms with Crippen molar-refractivity contribution in [3.8, 4) is 0 Å². The van der Waals surface area contributed by atoms with E-state index in [0.717, 1.165) is 23.4 Å². The summed E-state index contributed by atoms with van der Waals surface area (Å²) in [5, 5.41) is 0. The number of nitrogens with zero attached hydrogens (tertiary/aromatic N) is 1. The van der Waals surface area contributed by atoms with Gasteiger partial charge in [0.25, 0.3) is 0 Å². The van der Waals surface area contributed by atoms with Crippen LogP contribution in [0, 0.1) is 6.92 Å². The van der Waals surface area contributed by atoms with Gasteiger partial charge in [0.2, 0.25) is 0 Å². The Bertz CT molecular complexity index is 505. The van der Waals surface area contributed by atoms with Crippen molar-refractivity contribution >= 4 is 17.1 Å². The highest BCUT2D eigenvalue weighted by molar-refractivity contribution is 7.80. The Morgan fingerprint density at radius 3 is 2.53 bits per heavy atom. The zero-order chi connectivity index (χ0) is 12.1. The first-order valence-electron chi connectivity index (χ1n) is 5.72. The number of hydrogen-bond donors (Lipinski definition) is 0. The van der Waals surface area contributed by atoms with E-state index in [2.05, 4.69) is 30.1 Å². The number of benzene rings is 1. The lowest BCUT2D eigenvalue weighted by atomic mass is 10.0. The van der Waals surface area contributed by atoms with Gasteiger partial charge in [0.1, 0.15) is 0 Å². The monoisotopic (exact) mass is 241 g/mol. The quantitative estimate of drug-likeness (QED) is 0.759. The summed E-state index contributed by atoms with van der Waals surface area (Å²) in [6, 6.07) is 14.4. The van der Waals surface area contributed by atoms with Crippen molar-refractivity contribution in [1.29, 1.82) is 0 Å². The normalized spacial score (nSPS) is 10.2. The minimum absolute atomic E-state index is 0.789. The molecule has 1 heterocycles. The van der Waals surface area contributed by atoms with Gasteiger partial charge in [-0.05, 0) is 24.1 Å². The van der Waals surface area contributed by atoms with Crippen LogP contribution >= 0.6 is 12.2 Å². The molecule has 0 aliphatic carbocycles. The van der Waals surface area contributed by atoms with E-state index in [1.807, 2.05) is 30.5 Å². The molecular formula is C15H15NS. The van der Waals surface area contributed by atoms with E-state index >= 15 is 0 Å². The smallest absolute Gasteiger partial charge is 0.0481 e. The summed E-state index contributed by atoms with van der Waals surface area (Å²) in [7, 11) is 0. The molecule has 0 saturated carbocycles. The van der Waals surface area contributed by atoms with Crippen LogP contribution in [0.15, 0.2) is 48.7 Å². The van der Waals surface area contributed by atoms with Crippen molar-refractivity contribution in [2.45, 2.75) is 19.8 Å². The molecule has 1 nitrogen and oxygen atoms in total. The molecule has 2 rings (SSSR count). The Morgan fingerprint density at radius 1 is 1.06 bits per heavy atom. The van der Waals surface area contributed by atoms with Gasteiger partial charge in [-0.15, -0.1) is 0 Å². The number of hydrogen-bond acceptors (Lipinski definition) is 2. The van der Waals surface area contributed by atoms with Gasteiger partial charge in [-0.25, -0.2) is 0 Å². The number of rotatable bonds is 4. The number of aryl methyl sites for hydroxylation is 1. The second-order valence-electron chi connectivity index (χ2n) is 4.14. The molecule has 0 spiro atoms. The first-order valence-corrected chi connectivity index (χ1v) is 6.12. The number of pyridine rings is 1. The van der Waals surface area contributed by atoms with Crippen LogP contribution in [0.5, 0.6) is 0 Å². The highest BCUT2D eigenvalue weighted by Gasteiger charge is 2.04. The zero-order valence-electron chi connectivity index (χ0n) is 9.89. The molecule has 0 aliphatic heterocycles. The van der Waals surface area contributed by atoms with Crippen LogP contribution in [0.25, 0.3) is 0 Å². The number of aromatic nitrogens is 1. The van der Waals surface area contributed by atoms with Crippen molar-refractivity contribution in [2.75, 3.05) is 0 Å². The largest absolute Gasteiger partial charge is 0.261 e. The van der Waals surface area contributed by atoms with Crippen LogP contribution in [0.2, 0.25) is 0 Å². The van der Waals surface area contributed by atoms with Gasteiger partial charge in [0.05, 0.1) is 0 Å². The van der Waals surface area contributed by atoms with E-state index in [4.69, 9.17) is 12.2 Å². The minimum Gasteiger partial charge on any atom is -0.261 e. The first kappa shape index (κ1) is 11.9. The maximum absolute atomic E-state index is 5.44. The number of thiocarbonyl (C=S) groups is 1. The van der Waals surface area contributed by atoms with Crippen LogP contribution in [0.3, 0.4) is 0 Å². The van der Waals surface area contributed by atoms with Crippen LogP contribution < -0.4 is 0 Å². The third kappa shape index (κ3) is 3.46. The molecule has 0 atom stereocenters. The minimum atomic E-state index is 0.789. The maximum Gasteiger partial charge on any atom is 0.0481 e. The van der Waals surface area contributed by atoms with Gasteiger partial charge in [-0.2, -0.15) is 0 Å². The first-order chi connectivity index (χ1) is 8.25. The molecule has 0 aliphatic rings. The Morgan fingerprint density at radius 2 is 1.82 bits per heavy atom. The van der Waals surface area contributed by atoms with E-state index in [9.17, 15) is 0 Å². The van der Waals surface area contributed by atoms with Gasteiger partial charge in [0, 0.05) is 29.6 Å². The van der Waals surface area contributed by atoms with Crippen LogP contribution in [-0.2, 0) is 12.8 Å². The summed E-state index contributed by atoms with van der Waals surface area (Å²) in [6.07, 6.45) is 3.47. The van der Waals surface area contributed by atoms with Crippen molar-refractivity contribution in [1.82, 2.24) is 4.98 Å². The molecule has 0 amide bonds.